The van der Waals surface area contributed by atoms with Crippen LogP contribution < -0.4 is 5.69 Å². The van der Waals surface area contributed by atoms with Gasteiger partial charge in [-0.15, -0.1) is 9.24 Å². The Bertz CT molecular complexity index is 472. The van der Waals surface area contributed by atoms with Crippen molar-refractivity contribution in [3.05, 3.63) is 34.7 Å². The summed E-state index contributed by atoms with van der Waals surface area (Å²) in [5.74, 6) is 0. The van der Waals surface area contributed by atoms with E-state index in [0.29, 0.717) is 0 Å². The summed E-state index contributed by atoms with van der Waals surface area (Å²) in [5, 5.41) is 0. The second-order valence-corrected chi connectivity index (χ2v) is 3.46. The zero-order valence-electron chi connectivity index (χ0n) is 7.16. The van der Waals surface area contributed by atoms with Crippen LogP contribution in [-0.4, -0.2) is 15.7 Å². The molecule has 1 aromatic carbocycles. The Hall–Kier alpha value is -1.08. The van der Waals surface area contributed by atoms with Gasteiger partial charge < -0.3 is 4.98 Å². The highest BCUT2D eigenvalue weighted by Crippen LogP contribution is 2.08. The molecule has 1 unspecified atom stereocenters. The van der Waals surface area contributed by atoms with E-state index in [-0.39, 0.29) is 5.69 Å². The Morgan fingerprint density at radius 2 is 2.15 bits per heavy atom. The molecule has 0 aliphatic carbocycles. The van der Waals surface area contributed by atoms with Gasteiger partial charge in [0, 0.05) is 6.54 Å². The molecule has 0 saturated carbocycles. The van der Waals surface area contributed by atoms with Gasteiger partial charge in [0.15, 0.2) is 0 Å². The fourth-order valence-electron chi connectivity index (χ4n) is 1.46. The van der Waals surface area contributed by atoms with Gasteiger partial charge >= 0.3 is 5.69 Å². The maximum Gasteiger partial charge on any atom is 0.326 e. The quantitative estimate of drug-likeness (QED) is 0.717. The maximum atomic E-state index is 11.4. The van der Waals surface area contributed by atoms with E-state index < -0.39 is 0 Å². The molecule has 0 radical (unpaired) electrons. The van der Waals surface area contributed by atoms with Crippen LogP contribution in [0.1, 0.15) is 0 Å². The number of imidazole rings is 1. The van der Waals surface area contributed by atoms with Crippen molar-refractivity contribution in [1.82, 2.24) is 9.55 Å². The molecule has 0 aliphatic heterocycles. The minimum atomic E-state index is -0.0244. The second kappa shape index (κ2) is 3.35. The van der Waals surface area contributed by atoms with Gasteiger partial charge in [0.25, 0.3) is 0 Å². The minimum absolute atomic E-state index is 0.0244. The summed E-state index contributed by atoms with van der Waals surface area (Å²) in [7, 11) is 2.62. The third-order valence-corrected chi connectivity index (χ3v) is 2.29. The lowest BCUT2D eigenvalue weighted by molar-refractivity contribution is 0.762. The fraction of sp³-hybridized carbons (Fsp3) is 0.222. The highest BCUT2D eigenvalue weighted by Gasteiger charge is 2.03. The second-order valence-electron chi connectivity index (χ2n) is 2.89. The first kappa shape index (κ1) is 8.52. The number of rotatable bonds is 2. The third kappa shape index (κ3) is 1.40. The molecule has 2 rings (SSSR count). The highest BCUT2D eigenvalue weighted by atomic mass is 31.0. The number of H-pyrrole nitrogens is 1. The number of para-hydroxylation sites is 2. The van der Waals surface area contributed by atoms with Crippen molar-refractivity contribution in [2.45, 2.75) is 6.54 Å². The van der Waals surface area contributed by atoms with E-state index in [1.54, 1.807) is 4.57 Å². The van der Waals surface area contributed by atoms with Crippen LogP contribution >= 0.6 is 9.24 Å². The first-order chi connectivity index (χ1) is 6.33. The van der Waals surface area contributed by atoms with Gasteiger partial charge in [-0.1, -0.05) is 12.1 Å². The van der Waals surface area contributed by atoms with Gasteiger partial charge in [0.2, 0.25) is 0 Å². The van der Waals surface area contributed by atoms with Gasteiger partial charge in [-0.25, -0.2) is 4.79 Å². The average molecular weight is 194 g/mol. The minimum Gasteiger partial charge on any atom is -0.306 e. The molecule has 3 nitrogen and oxygen atoms in total. The lowest BCUT2D eigenvalue weighted by atomic mass is 10.3. The number of aromatic nitrogens is 2. The van der Waals surface area contributed by atoms with Crippen LogP contribution in [0.15, 0.2) is 29.1 Å². The van der Waals surface area contributed by atoms with E-state index in [2.05, 4.69) is 14.2 Å². The highest BCUT2D eigenvalue weighted by molar-refractivity contribution is 7.16. The molecule has 2 aromatic rings. The molecule has 1 aromatic heterocycles. The van der Waals surface area contributed by atoms with Crippen molar-refractivity contribution in [2.24, 2.45) is 0 Å². The van der Waals surface area contributed by atoms with Crippen LogP contribution in [0.3, 0.4) is 0 Å². The largest absolute Gasteiger partial charge is 0.326 e. The van der Waals surface area contributed by atoms with Crippen molar-refractivity contribution in [1.29, 1.82) is 0 Å². The van der Waals surface area contributed by atoms with Gasteiger partial charge in [-0.05, 0) is 18.3 Å². The van der Waals surface area contributed by atoms with Crippen molar-refractivity contribution >= 4 is 20.3 Å². The summed E-state index contributed by atoms with van der Waals surface area (Å²) in [5.41, 5.74) is 1.87. The van der Waals surface area contributed by atoms with Crippen LogP contribution in [0.5, 0.6) is 0 Å². The standard InChI is InChI=1S/C9H11N2OP/c12-9-10-7-3-1-2-4-8(7)11(9)5-6-13/h1-4H,5-6,13H2,(H,10,12). The topological polar surface area (TPSA) is 37.8 Å². The van der Waals surface area contributed by atoms with E-state index in [1.807, 2.05) is 24.3 Å². The molecule has 13 heavy (non-hydrogen) atoms. The number of aryl methyl sites for hydroxylation is 1. The predicted molar refractivity (Wildman–Crippen MR) is 57.1 cm³/mol. The summed E-state index contributed by atoms with van der Waals surface area (Å²) in [4.78, 5) is 14.2. The Morgan fingerprint density at radius 3 is 2.92 bits per heavy atom. The first-order valence-electron chi connectivity index (χ1n) is 4.20. The zero-order chi connectivity index (χ0) is 9.26. The normalized spacial score (nSPS) is 10.8. The summed E-state index contributed by atoms with van der Waals surface area (Å²) in [6, 6.07) is 7.72. The van der Waals surface area contributed by atoms with E-state index in [1.165, 1.54) is 0 Å². The van der Waals surface area contributed by atoms with Crippen LogP contribution in [0.4, 0.5) is 0 Å². The molecular weight excluding hydrogens is 183 g/mol. The Morgan fingerprint density at radius 1 is 1.38 bits per heavy atom. The number of benzene rings is 1. The number of hydrogen-bond acceptors (Lipinski definition) is 1. The molecule has 0 spiro atoms. The van der Waals surface area contributed by atoms with E-state index >= 15 is 0 Å². The van der Waals surface area contributed by atoms with Gasteiger partial charge in [0.1, 0.15) is 0 Å². The summed E-state index contributed by atoms with van der Waals surface area (Å²) in [6.07, 6.45) is 0.891. The Kier molecular flexibility index (Phi) is 2.19. The molecule has 1 N–H and O–H groups in total. The van der Waals surface area contributed by atoms with Crippen LogP contribution in [-0.2, 0) is 6.54 Å². The molecule has 0 saturated heterocycles. The van der Waals surface area contributed by atoms with Crippen LogP contribution in [0.25, 0.3) is 11.0 Å². The van der Waals surface area contributed by atoms with E-state index in [4.69, 9.17) is 0 Å². The predicted octanol–water partition coefficient (Wildman–Crippen LogP) is 1.20. The number of nitrogens with zero attached hydrogens (tertiary/aromatic N) is 1. The van der Waals surface area contributed by atoms with Crippen molar-refractivity contribution in [2.75, 3.05) is 6.16 Å². The summed E-state index contributed by atoms with van der Waals surface area (Å²) in [6.45, 7) is 0.744. The number of nitrogens with one attached hydrogen (secondary N) is 1. The van der Waals surface area contributed by atoms with Gasteiger partial charge in [-0.3, -0.25) is 4.57 Å². The Balaban J connectivity index is 2.71. The fourth-order valence-corrected chi connectivity index (χ4v) is 1.72. The maximum absolute atomic E-state index is 11.4. The van der Waals surface area contributed by atoms with Crippen LogP contribution in [0, 0.1) is 0 Å². The smallest absolute Gasteiger partial charge is 0.306 e. The van der Waals surface area contributed by atoms with Crippen molar-refractivity contribution < 1.29 is 0 Å². The SMILES string of the molecule is O=c1[nH]c2ccccc2n1CCP. The monoisotopic (exact) mass is 194 g/mol. The molecule has 0 amide bonds. The number of fused-ring (bicyclic) bond motifs is 1. The van der Waals surface area contributed by atoms with E-state index in [9.17, 15) is 4.79 Å². The van der Waals surface area contributed by atoms with Gasteiger partial charge in [-0.2, -0.15) is 0 Å². The van der Waals surface area contributed by atoms with Crippen molar-refractivity contribution in [3.63, 3.8) is 0 Å². The number of aromatic amines is 1. The molecule has 68 valence electrons. The molecular formula is C9H11N2OP. The summed E-state index contributed by atoms with van der Waals surface area (Å²) < 4.78 is 1.75. The zero-order valence-corrected chi connectivity index (χ0v) is 8.31. The molecule has 1 heterocycles. The third-order valence-electron chi connectivity index (χ3n) is 2.03. The molecule has 1 atom stereocenters. The average Bonchev–Trinajstić information content (AvgIpc) is 2.44. The Labute approximate surface area is 78.0 Å². The van der Waals surface area contributed by atoms with Gasteiger partial charge in [0.05, 0.1) is 11.0 Å². The molecule has 0 fully saturated rings. The summed E-state index contributed by atoms with van der Waals surface area (Å²) >= 11 is 0. The lowest BCUT2D eigenvalue weighted by Crippen LogP contribution is -2.17. The molecule has 0 bridgehead atoms. The first-order valence-corrected chi connectivity index (χ1v) is 5.02. The van der Waals surface area contributed by atoms with Crippen molar-refractivity contribution in [3.8, 4) is 0 Å². The molecule has 4 heteroatoms. The number of hydrogen-bond donors (Lipinski definition) is 1. The lowest BCUT2D eigenvalue weighted by Gasteiger charge is -1.98. The molecule has 0 aliphatic rings. The van der Waals surface area contributed by atoms with E-state index in [0.717, 1.165) is 23.7 Å². The van der Waals surface area contributed by atoms with Crippen LogP contribution in [0.2, 0.25) is 0 Å².